The summed E-state index contributed by atoms with van der Waals surface area (Å²) < 4.78 is 1.78. The van der Waals surface area contributed by atoms with Crippen LogP contribution in [0.4, 0.5) is 0 Å². The number of nitrogens with zero attached hydrogens (tertiary/aromatic N) is 3. The van der Waals surface area contributed by atoms with Crippen molar-refractivity contribution >= 4 is 11.8 Å². The van der Waals surface area contributed by atoms with Gasteiger partial charge in [0.2, 0.25) is 11.8 Å². The molecule has 1 aliphatic heterocycles. The Morgan fingerprint density at radius 3 is 2.87 bits per heavy atom. The lowest BCUT2D eigenvalue weighted by atomic mass is 10.1. The summed E-state index contributed by atoms with van der Waals surface area (Å²) in [5.74, 6) is -0.256. The number of nitrogens with one attached hydrogen (secondary N) is 1. The first-order valence-corrected chi connectivity index (χ1v) is 7.82. The Kier molecular flexibility index (Phi) is 4.41. The van der Waals surface area contributed by atoms with Crippen molar-refractivity contribution < 1.29 is 9.59 Å². The zero-order valence-electron chi connectivity index (χ0n) is 13.1. The van der Waals surface area contributed by atoms with Crippen LogP contribution in [-0.4, -0.2) is 39.6 Å². The predicted octanol–water partition coefficient (Wildman–Crippen LogP) is 1.36. The molecule has 1 aromatic heterocycles. The molecule has 2 amide bonds. The van der Waals surface area contributed by atoms with E-state index in [1.165, 1.54) is 0 Å². The van der Waals surface area contributed by atoms with Crippen LogP contribution in [0.1, 0.15) is 18.9 Å². The Morgan fingerprint density at radius 2 is 2.17 bits per heavy atom. The van der Waals surface area contributed by atoms with Crippen molar-refractivity contribution in [1.29, 1.82) is 0 Å². The number of rotatable bonds is 5. The first-order valence-electron chi connectivity index (χ1n) is 7.82. The maximum atomic E-state index is 12.3. The highest BCUT2D eigenvalue weighted by atomic mass is 16.2. The minimum absolute atomic E-state index is 0.0598. The van der Waals surface area contributed by atoms with E-state index in [1.807, 2.05) is 43.5 Å². The molecule has 6 heteroatoms. The van der Waals surface area contributed by atoms with E-state index in [0.717, 1.165) is 11.3 Å². The third-order valence-electron chi connectivity index (χ3n) is 4.16. The van der Waals surface area contributed by atoms with E-state index in [0.29, 0.717) is 26.1 Å². The lowest BCUT2D eigenvalue weighted by Gasteiger charge is -2.14. The zero-order valence-corrected chi connectivity index (χ0v) is 13.1. The molecule has 1 N–H and O–H groups in total. The maximum absolute atomic E-state index is 12.3. The van der Waals surface area contributed by atoms with Gasteiger partial charge in [-0.2, -0.15) is 5.10 Å². The Balaban J connectivity index is 1.65. The van der Waals surface area contributed by atoms with Gasteiger partial charge in [-0.25, -0.2) is 4.68 Å². The number of carbonyl (C=O) groups excluding carboxylic acids is 2. The van der Waals surface area contributed by atoms with Gasteiger partial charge in [-0.15, -0.1) is 0 Å². The van der Waals surface area contributed by atoms with Crippen LogP contribution in [0.5, 0.6) is 0 Å². The number of likely N-dealkylation sites (tertiary alicyclic amines) is 1. The lowest BCUT2D eigenvalue weighted by Crippen LogP contribution is -2.32. The summed E-state index contributed by atoms with van der Waals surface area (Å²) in [6.45, 7) is 3.52. The third-order valence-corrected chi connectivity index (χ3v) is 4.16. The quantitative estimate of drug-likeness (QED) is 0.906. The van der Waals surface area contributed by atoms with Gasteiger partial charge >= 0.3 is 0 Å². The molecule has 2 aromatic rings. The number of carbonyl (C=O) groups is 2. The second-order valence-corrected chi connectivity index (χ2v) is 5.63. The minimum atomic E-state index is -0.251. The summed E-state index contributed by atoms with van der Waals surface area (Å²) in [7, 11) is 0. The van der Waals surface area contributed by atoms with Crippen LogP contribution in [0.15, 0.2) is 42.7 Å². The van der Waals surface area contributed by atoms with Crippen LogP contribution in [0.3, 0.4) is 0 Å². The Labute approximate surface area is 135 Å². The number of benzene rings is 1. The molecule has 120 valence electrons. The van der Waals surface area contributed by atoms with E-state index < -0.39 is 0 Å². The average Bonchev–Trinajstić information content (AvgIpc) is 3.22. The smallest absolute Gasteiger partial charge is 0.225 e. The number of aromatic nitrogens is 2. The van der Waals surface area contributed by atoms with E-state index in [9.17, 15) is 9.59 Å². The molecular weight excluding hydrogens is 292 g/mol. The minimum Gasteiger partial charge on any atom is -0.352 e. The first kappa shape index (κ1) is 15.3. The molecule has 1 aromatic carbocycles. The molecule has 0 bridgehead atoms. The third kappa shape index (κ3) is 3.26. The van der Waals surface area contributed by atoms with Crippen molar-refractivity contribution in [2.45, 2.75) is 19.9 Å². The summed E-state index contributed by atoms with van der Waals surface area (Å²) in [4.78, 5) is 25.8. The van der Waals surface area contributed by atoms with Crippen molar-refractivity contribution in [3.8, 4) is 5.69 Å². The molecule has 0 saturated carbocycles. The molecule has 1 aliphatic rings. The van der Waals surface area contributed by atoms with Gasteiger partial charge in [0, 0.05) is 38.4 Å². The van der Waals surface area contributed by atoms with Crippen molar-refractivity contribution in [1.82, 2.24) is 20.0 Å². The van der Waals surface area contributed by atoms with Crippen LogP contribution in [0.2, 0.25) is 0 Å². The predicted molar refractivity (Wildman–Crippen MR) is 85.8 cm³/mol. The summed E-state index contributed by atoms with van der Waals surface area (Å²) in [6, 6.07) is 9.67. The maximum Gasteiger partial charge on any atom is 0.225 e. The summed E-state index contributed by atoms with van der Waals surface area (Å²) in [6.07, 6.45) is 3.90. The van der Waals surface area contributed by atoms with E-state index in [2.05, 4.69) is 10.4 Å². The van der Waals surface area contributed by atoms with Crippen LogP contribution < -0.4 is 5.32 Å². The van der Waals surface area contributed by atoms with Crippen molar-refractivity contribution in [3.63, 3.8) is 0 Å². The van der Waals surface area contributed by atoms with Crippen LogP contribution in [0, 0.1) is 5.92 Å². The van der Waals surface area contributed by atoms with Gasteiger partial charge < -0.3 is 10.2 Å². The molecule has 0 aliphatic carbocycles. The van der Waals surface area contributed by atoms with E-state index in [1.54, 1.807) is 15.8 Å². The number of hydrogen-bond acceptors (Lipinski definition) is 3. The standard InChI is InChI=1S/C17H20N4O2/c1-2-20-12-14(10-16(20)22)17(23)18-11-13-6-3-4-7-15(13)21-9-5-8-19-21/h3-9,14H,2,10-12H2,1H3,(H,18,23)/t14-/m1/s1. The van der Waals surface area contributed by atoms with Crippen molar-refractivity contribution in [2.24, 2.45) is 5.92 Å². The van der Waals surface area contributed by atoms with Gasteiger partial charge in [-0.3, -0.25) is 9.59 Å². The Hall–Kier alpha value is -2.63. The monoisotopic (exact) mass is 312 g/mol. The highest BCUT2D eigenvalue weighted by Crippen LogP contribution is 2.18. The highest BCUT2D eigenvalue weighted by Gasteiger charge is 2.33. The number of hydrogen-bond donors (Lipinski definition) is 1. The zero-order chi connectivity index (χ0) is 16.2. The Bertz CT molecular complexity index is 696. The van der Waals surface area contributed by atoms with E-state index in [-0.39, 0.29) is 17.7 Å². The van der Waals surface area contributed by atoms with Crippen LogP contribution in [0.25, 0.3) is 5.69 Å². The topological polar surface area (TPSA) is 67.2 Å². The molecule has 2 heterocycles. The molecule has 3 rings (SSSR count). The molecular formula is C17H20N4O2. The van der Waals surface area contributed by atoms with Crippen LogP contribution in [-0.2, 0) is 16.1 Å². The molecule has 1 atom stereocenters. The largest absolute Gasteiger partial charge is 0.352 e. The molecule has 0 radical (unpaired) electrons. The second kappa shape index (κ2) is 6.64. The van der Waals surface area contributed by atoms with Crippen molar-refractivity contribution in [2.75, 3.05) is 13.1 Å². The van der Waals surface area contributed by atoms with Gasteiger partial charge in [-0.05, 0) is 24.6 Å². The summed E-state index contributed by atoms with van der Waals surface area (Å²) in [5, 5.41) is 7.18. The average molecular weight is 312 g/mol. The number of para-hydroxylation sites is 1. The highest BCUT2D eigenvalue weighted by molar-refractivity contribution is 5.89. The second-order valence-electron chi connectivity index (χ2n) is 5.63. The normalized spacial score (nSPS) is 17.5. The summed E-state index contributed by atoms with van der Waals surface area (Å²) in [5.41, 5.74) is 1.93. The van der Waals surface area contributed by atoms with Gasteiger partial charge in [0.05, 0.1) is 11.6 Å². The van der Waals surface area contributed by atoms with Gasteiger partial charge in [0.1, 0.15) is 0 Å². The van der Waals surface area contributed by atoms with E-state index >= 15 is 0 Å². The molecule has 0 spiro atoms. The number of amides is 2. The molecule has 6 nitrogen and oxygen atoms in total. The van der Waals surface area contributed by atoms with Gasteiger partial charge in [0.25, 0.3) is 0 Å². The fraction of sp³-hybridized carbons (Fsp3) is 0.353. The van der Waals surface area contributed by atoms with Crippen LogP contribution >= 0.6 is 0 Å². The molecule has 1 saturated heterocycles. The SMILES string of the molecule is CCN1C[C@H](C(=O)NCc2ccccc2-n2cccn2)CC1=O. The van der Waals surface area contributed by atoms with Gasteiger partial charge in [-0.1, -0.05) is 18.2 Å². The summed E-state index contributed by atoms with van der Waals surface area (Å²) >= 11 is 0. The van der Waals surface area contributed by atoms with Crippen molar-refractivity contribution in [3.05, 3.63) is 48.3 Å². The van der Waals surface area contributed by atoms with E-state index in [4.69, 9.17) is 0 Å². The first-order chi connectivity index (χ1) is 11.2. The molecule has 0 unspecified atom stereocenters. The molecule has 23 heavy (non-hydrogen) atoms. The van der Waals surface area contributed by atoms with Gasteiger partial charge in [0.15, 0.2) is 0 Å². The lowest BCUT2D eigenvalue weighted by molar-refractivity contribution is -0.128. The fourth-order valence-electron chi connectivity index (χ4n) is 2.88. The fourth-order valence-corrected chi connectivity index (χ4v) is 2.88. The Morgan fingerprint density at radius 1 is 1.35 bits per heavy atom. The molecule has 1 fully saturated rings.